The van der Waals surface area contributed by atoms with Crippen LogP contribution >= 0.6 is 15.9 Å². The summed E-state index contributed by atoms with van der Waals surface area (Å²) in [5, 5.41) is 2.36. The third-order valence-electron chi connectivity index (χ3n) is 4.05. The van der Waals surface area contributed by atoms with Crippen molar-refractivity contribution < 1.29 is 22.7 Å². The summed E-state index contributed by atoms with van der Waals surface area (Å²) in [6.07, 6.45) is 1.27. The van der Waals surface area contributed by atoms with E-state index in [1.54, 1.807) is 36.4 Å². The van der Waals surface area contributed by atoms with E-state index < -0.39 is 21.2 Å². The number of ether oxygens (including phenoxy) is 2. The van der Waals surface area contributed by atoms with E-state index in [2.05, 4.69) is 26.0 Å². The highest BCUT2D eigenvalue weighted by molar-refractivity contribution is 9.10. The minimum Gasteiger partial charge on any atom is -0.497 e. The Morgan fingerprint density at radius 3 is 2.26 bits per heavy atom. The van der Waals surface area contributed by atoms with Gasteiger partial charge in [-0.2, -0.15) is 0 Å². The zero-order chi connectivity index (χ0) is 19.6. The molecule has 3 rings (SSSR count). The van der Waals surface area contributed by atoms with E-state index >= 15 is 0 Å². The number of carbonyl (C=O) groups is 1. The van der Waals surface area contributed by atoms with Gasteiger partial charge in [-0.3, -0.25) is 9.52 Å². The first-order valence-electron chi connectivity index (χ1n) is 8.18. The van der Waals surface area contributed by atoms with Gasteiger partial charge >= 0.3 is 0 Å². The van der Waals surface area contributed by atoms with Gasteiger partial charge < -0.3 is 14.8 Å². The first kappa shape index (κ1) is 19.5. The van der Waals surface area contributed by atoms with Crippen molar-refractivity contribution in [3.63, 3.8) is 0 Å². The van der Waals surface area contributed by atoms with Crippen LogP contribution in [0.25, 0.3) is 0 Å². The zero-order valence-electron chi connectivity index (χ0n) is 14.8. The van der Waals surface area contributed by atoms with Crippen molar-refractivity contribution in [3.05, 3.63) is 46.4 Å². The maximum atomic E-state index is 12.8. The summed E-state index contributed by atoms with van der Waals surface area (Å²) in [7, 11) is -0.470. The molecule has 0 heterocycles. The summed E-state index contributed by atoms with van der Waals surface area (Å²) in [6.45, 7) is 0. The van der Waals surface area contributed by atoms with Gasteiger partial charge in [-0.1, -0.05) is 15.9 Å². The van der Waals surface area contributed by atoms with Gasteiger partial charge in [0, 0.05) is 28.4 Å². The number of nitrogens with one attached hydrogen (secondary N) is 2. The zero-order valence-corrected chi connectivity index (χ0v) is 17.2. The average Bonchev–Trinajstić information content (AvgIpc) is 3.46. The molecular weight excluding hydrogens is 436 g/mol. The third kappa shape index (κ3) is 4.72. The Morgan fingerprint density at radius 2 is 1.70 bits per heavy atom. The number of anilines is 2. The standard InChI is InChI=1S/C18H19BrN2O5S/c1-25-13-8-12(9-14(10-13)26-2)20-18(22)16-6-3-11(19)7-17(16)21-27(23,24)15-4-5-15/h3,6-10,15,21H,4-5H2,1-2H3,(H,20,22). The van der Waals surface area contributed by atoms with Gasteiger partial charge in [0.05, 0.1) is 30.7 Å². The number of hydrogen-bond donors (Lipinski definition) is 2. The lowest BCUT2D eigenvalue weighted by atomic mass is 10.1. The second-order valence-electron chi connectivity index (χ2n) is 6.09. The molecule has 0 atom stereocenters. The van der Waals surface area contributed by atoms with E-state index in [0.29, 0.717) is 34.5 Å². The van der Waals surface area contributed by atoms with E-state index in [1.807, 2.05) is 0 Å². The molecule has 2 aromatic carbocycles. The molecule has 1 fully saturated rings. The molecule has 0 spiro atoms. The van der Waals surface area contributed by atoms with Crippen LogP contribution < -0.4 is 19.5 Å². The van der Waals surface area contributed by atoms with Crippen LogP contribution in [-0.4, -0.2) is 33.8 Å². The number of sulfonamides is 1. The Hall–Kier alpha value is -2.26. The highest BCUT2D eigenvalue weighted by Crippen LogP contribution is 2.32. The molecule has 9 heteroatoms. The highest BCUT2D eigenvalue weighted by atomic mass is 79.9. The third-order valence-corrected chi connectivity index (χ3v) is 6.40. The number of rotatable bonds is 7. The number of carbonyl (C=O) groups excluding carboxylic acids is 1. The summed E-state index contributed by atoms with van der Waals surface area (Å²) in [5.41, 5.74) is 0.906. The summed E-state index contributed by atoms with van der Waals surface area (Å²) in [5.74, 6) is 0.594. The van der Waals surface area contributed by atoms with E-state index in [-0.39, 0.29) is 11.3 Å². The lowest BCUT2D eigenvalue weighted by molar-refractivity contribution is 0.102. The van der Waals surface area contributed by atoms with Crippen LogP contribution in [0.15, 0.2) is 40.9 Å². The van der Waals surface area contributed by atoms with Crippen LogP contribution in [0, 0.1) is 0 Å². The van der Waals surface area contributed by atoms with Gasteiger partial charge in [0.2, 0.25) is 10.0 Å². The van der Waals surface area contributed by atoms with Crippen molar-refractivity contribution in [3.8, 4) is 11.5 Å². The summed E-state index contributed by atoms with van der Waals surface area (Å²) in [6, 6.07) is 9.78. The molecule has 0 bridgehead atoms. The average molecular weight is 455 g/mol. The molecule has 1 saturated carbocycles. The molecule has 1 amide bonds. The van der Waals surface area contributed by atoms with Crippen LogP contribution in [-0.2, 0) is 10.0 Å². The molecule has 0 radical (unpaired) electrons. The maximum absolute atomic E-state index is 12.8. The molecule has 0 saturated heterocycles. The maximum Gasteiger partial charge on any atom is 0.257 e. The normalized spacial score (nSPS) is 13.7. The lowest BCUT2D eigenvalue weighted by Crippen LogP contribution is -2.21. The smallest absolute Gasteiger partial charge is 0.257 e. The largest absolute Gasteiger partial charge is 0.497 e. The molecule has 2 aromatic rings. The Kier molecular flexibility index (Phi) is 5.61. The van der Waals surface area contributed by atoms with Crippen molar-refractivity contribution in [2.24, 2.45) is 0 Å². The number of amides is 1. The minimum atomic E-state index is -3.50. The van der Waals surface area contributed by atoms with Crippen molar-refractivity contribution >= 4 is 43.2 Å². The fraction of sp³-hybridized carbons (Fsp3) is 0.278. The first-order chi connectivity index (χ1) is 12.8. The van der Waals surface area contributed by atoms with Gasteiger partial charge in [-0.15, -0.1) is 0 Å². The fourth-order valence-electron chi connectivity index (χ4n) is 2.49. The van der Waals surface area contributed by atoms with Gasteiger partial charge in [-0.05, 0) is 31.0 Å². The predicted octanol–water partition coefficient (Wildman–Crippen LogP) is 3.62. The molecule has 27 heavy (non-hydrogen) atoms. The van der Waals surface area contributed by atoms with Crippen LogP contribution in [0.2, 0.25) is 0 Å². The van der Waals surface area contributed by atoms with Crippen LogP contribution in [0.5, 0.6) is 11.5 Å². The molecule has 0 aromatic heterocycles. The number of hydrogen-bond acceptors (Lipinski definition) is 5. The molecule has 0 aliphatic heterocycles. The van der Waals surface area contributed by atoms with E-state index in [1.165, 1.54) is 14.2 Å². The predicted molar refractivity (Wildman–Crippen MR) is 107 cm³/mol. The second-order valence-corrected chi connectivity index (χ2v) is 8.97. The van der Waals surface area contributed by atoms with Crippen molar-refractivity contribution in [1.82, 2.24) is 0 Å². The van der Waals surface area contributed by atoms with Gasteiger partial charge in [0.25, 0.3) is 5.91 Å². The monoisotopic (exact) mass is 454 g/mol. The number of halogens is 1. The van der Waals surface area contributed by atoms with Crippen LogP contribution in [0.4, 0.5) is 11.4 Å². The molecule has 1 aliphatic rings. The van der Waals surface area contributed by atoms with Crippen molar-refractivity contribution in [2.45, 2.75) is 18.1 Å². The molecule has 0 unspecified atom stereocenters. The highest BCUT2D eigenvalue weighted by Gasteiger charge is 2.36. The lowest BCUT2D eigenvalue weighted by Gasteiger charge is -2.14. The van der Waals surface area contributed by atoms with Crippen molar-refractivity contribution in [2.75, 3.05) is 24.3 Å². The number of methoxy groups -OCH3 is 2. The van der Waals surface area contributed by atoms with Gasteiger partial charge in [-0.25, -0.2) is 8.42 Å². The molecule has 1 aliphatic carbocycles. The summed E-state index contributed by atoms with van der Waals surface area (Å²) >= 11 is 3.31. The van der Waals surface area contributed by atoms with Crippen LogP contribution in [0.3, 0.4) is 0 Å². The van der Waals surface area contributed by atoms with Gasteiger partial charge in [0.1, 0.15) is 11.5 Å². The van der Waals surface area contributed by atoms with Gasteiger partial charge in [0.15, 0.2) is 0 Å². The van der Waals surface area contributed by atoms with E-state index in [4.69, 9.17) is 9.47 Å². The van der Waals surface area contributed by atoms with E-state index in [0.717, 1.165) is 0 Å². The summed E-state index contributed by atoms with van der Waals surface area (Å²) < 4.78 is 38.1. The molecule has 144 valence electrons. The number of benzene rings is 2. The topological polar surface area (TPSA) is 93.7 Å². The summed E-state index contributed by atoms with van der Waals surface area (Å²) in [4.78, 5) is 12.8. The Morgan fingerprint density at radius 1 is 1.07 bits per heavy atom. The Bertz CT molecular complexity index is 951. The van der Waals surface area contributed by atoms with Crippen molar-refractivity contribution in [1.29, 1.82) is 0 Å². The Labute approximate surface area is 166 Å². The van der Waals surface area contributed by atoms with Crippen LogP contribution in [0.1, 0.15) is 23.2 Å². The molecule has 7 nitrogen and oxygen atoms in total. The van der Waals surface area contributed by atoms with E-state index in [9.17, 15) is 13.2 Å². The molecular formula is C18H19BrN2O5S. The molecule has 2 N–H and O–H groups in total. The first-order valence-corrected chi connectivity index (χ1v) is 10.5. The second kappa shape index (κ2) is 7.77. The quantitative estimate of drug-likeness (QED) is 0.665. The fourth-order valence-corrected chi connectivity index (χ4v) is 4.25. The minimum absolute atomic E-state index is 0.212. The Balaban J connectivity index is 1.88. The SMILES string of the molecule is COc1cc(NC(=O)c2ccc(Br)cc2NS(=O)(=O)C2CC2)cc(OC)c1.